The van der Waals surface area contributed by atoms with E-state index in [0.717, 1.165) is 48.8 Å². The van der Waals surface area contributed by atoms with E-state index in [1.165, 1.54) is 11.1 Å². The third-order valence-corrected chi connectivity index (χ3v) is 11.2. The standard InChI is InChI=1S/C43H68O18/c1-23(2)9-5-14-26(15-7-12-24(3)10-6-11-25(4)13-8-16-27-17-31(47)55-22-27)21-56-42-39(36(52)33(49)29(19-45)58-42)61-43-40(37(53)34(50)30(20-46)59-43)60-41-38(54)35(51)32(48)28(18-44)57-41/h9-10,13,15,17,28-30,32-46,48-54H,5-8,11-12,14,16,18-22H2,1-4H3/t28-,29-,30-,32-,33-,34-,35+,36+,37+,38-,39-,40-,41+,42-,43+/m1/s1. The Morgan fingerprint density at radius 1 is 0.607 bits per heavy atom. The number of allylic oxidation sites excluding steroid dienone is 7. The number of carbonyl (C=O) groups is 1. The highest BCUT2D eigenvalue weighted by molar-refractivity contribution is 5.85. The zero-order valence-electron chi connectivity index (χ0n) is 35.5. The van der Waals surface area contributed by atoms with Crippen LogP contribution >= 0.6 is 0 Å². The number of ether oxygens (including phenoxy) is 7. The highest BCUT2D eigenvalue weighted by atomic mass is 16.8. The number of aliphatic hydroxyl groups is 10. The van der Waals surface area contributed by atoms with Gasteiger partial charge < -0.3 is 84.2 Å². The van der Waals surface area contributed by atoms with Crippen molar-refractivity contribution in [2.24, 2.45) is 0 Å². The molecule has 18 heteroatoms. The fraction of sp³-hybridized carbons (Fsp3) is 0.744. The largest absolute Gasteiger partial charge is 0.458 e. The average molecular weight is 873 g/mol. The summed E-state index contributed by atoms with van der Waals surface area (Å²) in [6.45, 7) is 6.27. The summed E-state index contributed by atoms with van der Waals surface area (Å²) in [6.07, 6.45) is -8.73. The number of hydrogen-bond acceptors (Lipinski definition) is 18. The van der Waals surface area contributed by atoms with E-state index < -0.39 is 112 Å². The van der Waals surface area contributed by atoms with Crippen LogP contribution in [0.15, 0.2) is 58.2 Å². The summed E-state index contributed by atoms with van der Waals surface area (Å²) in [5, 5.41) is 105. The normalized spacial score (nSPS) is 36.5. The summed E-state index contributed by atoms with van der Waals surface area (Å²) in [6, 6.07) is 0. The predicted octanol–water partition coefficient (Wildman–Crippen LogP) is -0.159. The molecule has 0 aliphatic carbocycles. The van der Waals surface area contributed by atoms with Gasteiger partial charge in [0.1, 0.15) is 79.9 Å². The van der Waals surface area contributed by atoms with Gasteiger partial charge in [-0.3, -0.25) is 0 Å². The van der Waals surface area contributed by atoms with Crippen molar-refractivity contribution < 1.29 is 89.0 Å². The van der Waals surface area contributed by atoms with Gasteiger partial charge in [0.05, 0.1) is 26.4 Å². The molecule has 0 aromatic carbocycles. The van der Waals surface area contributed by atoms with Crippen LogP contribution in [0.4, 0.5) is 0 Å². The highest BCUT2D eigenvalue weighted by Crippen LogP contribution is 2.33. The van der Waals surface area contributed by atoms with Gasteiger partial charge in [-0.25, -0.2) is 4.79 Å². The third-order valence-electron chi connectivity index (χ3n) is 11.2. The molecule has 10 N–H and O–H groups in total. The molecule has 0 unspecified atom stereocenters. The molecule has 4 heterocycles. The van der Waals surface area contributed by atoms with Crippen LogP contribution in [0.5, 0.6) is 0 Å². The number of carbonyl (C=O) groups excluding carboxylic acids is 1. The first-order valence-corrected chi connectivity index (χ1v) is 21.0. The van der Waals surface area contributed by atoms with Gasteiger partial charge in [0.15, 0.2) is 18.9 Å². The van der Waals surface area contributed by atoms with Crippen molar-refractivity contribution in [3.63, 3.8) is 0 Å². The lowest BCUT2D eigenvalue weighted by molar-refractivity contribution is -0.393. The Hall–Kier alpha value is -2.47. The molecule has 15 atom stereocenters. The second-order valence-electron chi connectivity index (χ2n) is 16.4. The van der Waals surface area contributed by atoms with E-state index in [4.69, 9.17) is 33.2 Å². The molecule has 348 valence electrons. The van der Waals surface area contributed by atoms with Gasteiger partial charge in [-0.1, -0.05) is 41.0 Å². The average Bonchev–Trinajstić information content (AvgIpc) is 3.65. The summed E-state index contributed by atoms with van der Waals surface area (Å²) < 4.78 is 40.1. The minimum Gasteiger partial charge on any atom is -0.458 e. The van der Waals surface area contributed by atoms with Gasteiger partial charge in [-0.2, -0.15) is 0 Å². The van der Waals surface area contributed by atoms with Crippen molar-refractivity contribution >= 4 is 5.97 Å². The van der Waals surface area contributed by atoms with Gasteiger partial charge in [0, 0.05) is 6.08 Å². The van der Waals surface area contributed by atoms with Crippen molar-refractivity contribution in [2.45, 2.75) is 171 Å². The molecule has 3 saturated heterocycles. The molecule has 0 radical (unpaired) electrons. The first kappa shape index (κ1) is 51.2. The Balaban J connectivity index is 1.45. The van der Waals surface area contributed by atoms with Crippen molar-refractivity contribution in [2.75, 3.05) is 33.0 Å². The molecule has 0 aromatic heterocycles. The molecule has 4 rings (SSSR count). The van der Waals surface area contributed by atoms with Crippen LogP contribution in [0.1, 0.15) is 79.1 Å². The molecule has 0 spiro atoms. The predicted molar refractivity (Wildman–Crippen MR) is 216 cm³/mol. The number of rotatable bonds is 22. The van der Waals surface area contributed by atoms with Crippen LogP contribution < -0.4 is 0 Å². The maximum atomic E-state index is 11.3. The van der Waals surface area contributed by atoms with Crippen molar-refractivity contribution in [1.29, 1.82) is 0 Å². The lowest BCUT2D eigenvalue weighted by atomic mass is 9.96. The summed E-state index contributed by atoms with van der Waals surface area (Å²) in [4.78, 5) is 11.3. The second-order valence-corrected chi connectivity index (χ2v) is 16.4. The molecular formula is C43H68O18. The van der Waals surface area contributed by atoms with Crippen molar-refractivity contribution in [3.05, 3.63) is 58.2 Å². The molecule has 3 fully saturated rings. The van der Waals surface area contributed by atoms with Crippen LogP contribution in [0.3, 0.4) is 0 Å². The molecule has 0 aromatic rings. The molecule has 18 nitrogen and oxygen atoms in total. The van der Waals surface area contributed by atoms with E-state index >= 15 is 0 Å². The van der Waals surface area contributed by atoms with E-state index in [9.17, 15) is 55.9 Å². The van der Waals surface area contributed by atoms with Gasteiger partial charge >= 0.3 is 5.97 Å². The Morgan fingerprint density at radius 2 is 1.10 bits per heavy atom. The first-order chi connectivity index (χ1) is 29.1. The zero-order chi connectivity index (χ0) is 44.8. The van der Waals surface area contributed by atoms with E-state index in [1.807, 2.05) is 13.8 Å². The van der Waals surface area contributed by atoms with E-state index in [-0.39, 0.29) is 12.6 Å². The summed E-state index contributed by atoms with van der Waals surface area (Å²) >= 11 is 0. The van der Waals surface area contributed by atoms with E-state index in [1.54, 1.807) is 6.08 Å². The first-order valence-electron chi connectivity index (χ1n) is 21.0. The number of esters is 1. The molecule has 0 bridgehead atoms. The summed E-state index contributed by atoms with van der Waals surface area (Å²) in [5.74, 6) is -0.276. The smallest absolute Gasteiger partial charge is 0.331 e. The minimum atomic E-state index is -1.91. The topological polar surface area (TPSA) is 284 Å². The van der Waals surface area contributed by atoms with Crippen molar-refractivity contribution in [1.82, 2.24) is 0 Å². The summed E-state index contributed by atoms with van der Waals surface area (Å²) in [7, 11) is 0. The molecule has 0 amide bonds. The number of hydrogen-bond donors (Lipinski definition) is 10. The lowest BCUT2D eigenvalue weighted by Gasteiger charge is -2.48. The van der Waals surface area contributed by atoms with E-state index in [2.05, 4.69) is 38.2 Å². The van der Waals surface area contributed by atoms with Gasteiger partial charge in [0.25, 0.3) is 0 Å². The monoisotopic (exact) mass is 872 g/mol. The summed E-state index contributed by atoms with van der Waals surface area (Å²) in [5.41, 5.74) is 5.54. The fourth-order valence-electron chi connectivity index (χ4n) is 7.42. The maximum absolute atomic E-state index is 11.3. The van der Waals surface area contributed by atoms with Crippen LogP contribution in [0.2, 0.25) is 0 Å². The van der Waals surface area contributed by atoms with Gasteiger partial charge in [-0.05, 0) is 90.2 Å². The van der Waals surface area contributed by atoms with Crippen LogP contribution in [0.25, 0.3) is 0 Å². The second kappa shape index (κ2) is 25.1. The zero-order valence-corrected chi connectivity index (χ0v) is 35.5. The molecule has 61 heavy (non-hydrogen) atoms. The number of aliphatic hydroxyl groups excluding tert-OH is 10. The third kappa shape index (κ3) is 14.8. The molecule has 4 aliphatic rings. The Bertz CT molecular complexity index is 1520. The Morgan fingerprint density at radius 3 is 1.66 bits per heavy atom. The van der Waals surface area contributed by atoms with Gasteiger partial charge in [0.2, 0.25) is 0 Å². The SMILES string of the molecule is CC(C)=CCCC(=CCCC(C)=CCCC(C)=CCCC1=CC(=O)OC1)CO[C@@H]1O[C@H](CO)[C@@H](O)[C@H](O)[C@H]1O[C@@H]1O[C@H](CO)[C@@H](O)[C@H](O)[C@H]1O[C@@H]1O[C@H](CO)[C@@H](O)[C@H](O)[C@H]1O. The van der Waals surface area contributed by atoms with Crippen molar-refractivity contribution in [3.8, 4) is 0 Å². The maximum Gasteiger partial charge on any atom is 0.331 e. The highest BCUT2D eigenvalue weighted by Gasteiger charge is 2.54. The van der Waals surface area contributed by atoms with E-state index in [0.29, 0.717) is 25.9 Å². The lowest BCUT2D eigenvalue weighted by Crippen LogP contribution is -2.67. The van der Waals surface area contributed by atoms with Crippen LogP contribution in [-0.2, 0) is 38.0 Å². The molecule has 0 saturated carbocycles. The molecular weight excluding hydrogens is 804 g/mol. The fourth-order valence-corrected chi connectivity index (χ4v) is 7.42. The quantitative estimate of drug-likeness (QED) is 0.0500. The van der Waals surface area contributed by atoms with Gasteiger partial charge in [-0.15, -0.1) is 0 Å². The van der Waals surface area contributed by atoms with Crippen LogP contribution in [0, 0.1) is 0 Å². The van der Waals surface area contributed by atoms with Crippen LogP contribution in [-0.4, -0.2) is 182 Å². The Kier molecular flexibility index (Phi) is 21.1. The molecule has 4 aliphatic heterocycles. The number of cyclic esters (lactones) is 1. The minimum absolute atomic E-state index is 0.0110. The Labute approximate surface area is 356 Å².